The van der Waals surface area contributed by atoms with Crippen molar-refractivity contribution < 1.29 is 0 Å². The summed E-state index contributed by atoms with van der Waals surface area (Å²) in [6.07, 6.45) is 14.7. The molecule has 0 bridgehead atoms. The first-order chi connectivity index (χ1) is 6.58. The summed E-state index contributed by atoms with van der Waals surface area (Å²) in [6.45, 7) is 6.96. The maximum atomic E-state index is 2.48. The molecule has 0 radical (unpaired) electrons. The Morgan fingerprint density at radius 3 is 2.29 bits per heavy atom. The molecule has 0 atom stereocenters. The average Bonchev–Trinajstić information content (AvgIpc) is 2.13. The van der Waals surface area contributed by atoms with Crippen LogP contribution in [-0.2, 0) is 0 Å². The van der Waals surface area contributed by atoms with Gasteiger partial charge in [0.1, 0.15) is 0 Å². The van der Waals surface area contributed by atoms with Crippen molar-refractivity contribution in [1.82, 2.24) is 0 Å². The van der Waals surface area contributed by atoms with Crippen LogP contribution in [0.15, 0.2) is 12.2 Å². The highest BCUT2D eigenvalue weighted by atomic mass is 14.2. The lowest BCUT2D eigenvalue weighted by Crippen LogP contribution is -2.04. The number of hydrogen-bond acceptors (Lipinski definition) is 0. The monoisotopic (exact) mass is 194 g/mol. The zero-order valence-corrected chi connectivity index (χ0v) is 10.2. The number of rotatable bonds is 3. The quantitative estimate of drug-likeness (QED) is 0.558. The molecule has 0 aromatic carbocycles. The Balaban J connectivity index is 2.13. The molecule has 0 aromatic rings. The van der Waals surface area contributed by atoms with Gasteiger partial charge in [-0.3, -0.25) is 0 Å². The molecule has 0 spiro atoms. The van der Waals surface area contributed by atoms with Gasteiger partial charge in [-0.05, 0) is 37.0 Å². The van der Waals surface area contributed by atoms with E-state index in [1.54, 1.807) is 0 Å². The zero-order chi connectivity index (χ0) is 10.4. The van der Waals surface area contributed by atoms with Gasteiger partial charge < -0.3 is 0 Å². The van der Waals surface area contributed by atoms with Crippen LogP contribution < -0.4 is 0 Å². The molecular weight excluding hydrogens is 168 g/mol. The molecule has 82 valence electrons. The summed E-state index contributed by atoms with van der Waals surface area (Å²) in [5.74, 6) is 0.906. The van der Waals surface area contributed by atoms with Crippen molar-refractivity contribution in [3.63, 3.8) is 0 Å². The van der Waals surface area contributed by atoms with Gasteiger partial charge in [0.2, 0.25) is 0 Å². The van der Waals surface area contributed by atoms with E-state index in [9.17, 15) is 0 Å². The van der Waals surface area contributed by atoms with E-state index in [2.05, 4.69) is 32.9 Å². The maximum Gasteiger partial charge on any atom is -0.0234 e. The highest BCUT2D eigenvalue weighted by molar-refractivity contribution is 4.90. The SMILES string of the molecule is CC(C)(C)CC/C=C/C1CCCCC1. The molecule has 1 rings (SSSR count). The lowest BCUT2D eigenvalue weighted by Gasteiger charge is -2.19. The molecule has 0 aromatic heterocycles. The van der Waals surface area contributed by atoms with Crippen LogP contribution in [0.2, 0.25) is 0 Å². The molecule has 1 fully saturated rings. The highest BCUT2D eigenvalue weighted by Crippen LogP contribution is 2.25. The Kier molecular flexibility index (Phi) is 4.71. The van der Waals surface area contributed by atoms with E-state index < -0.39 is 0 Å². The van der Waals surface area contributed by atoms with Crippen molar-refractivity contribution in [3.8, 4) is 0 Å². The summed E-state index contributed by atoms with van der Waals surface area (Å²) in [5, 5.41) is 0. The molecule has 0 amide bonds. The lowest BCUT2D eigenvalue weighted by atomic mass is 9.87. The first-order valence-corrected chi connectivity index (χ1v) is 6.24. The van der Waals surface area contributed by atoms with Crippen LogP contribution in [0.5, 0.6) is 0 Å². The largest absolute Gasteiger partial charge is 0.0882 e. The van der Waals surface area contributed by atoms with E-state index in [4.69, 9.17) is 0 Å². The van der Waals surface area contributed by atoms with Crippen molar-refractivity contribution in [2.75, 3.05) is 0 Å². The Morgan fingerprint density at radius 2 is 1.71 bits per heavy atom. The van der Waals surface area contributed by atoms with Gasteiger partial charge in [-0.1, -0.05) is 52.2 Å². The summed E-state index contributed by atoms with van der Waals surface area (Å²) in [5.41, 5.74) is 0.497. The second-order valence-corrected chi connectivity index (χ2v) is 5.93. The van der Waals surface area contributed by atoms with Gasteiger partial charge in [0, 0.05) is 0 Å². The van der Waals surface area contributed by atoms with Crippen molar-refractivity contribution in [3.05, 3.63) is 12.2 Å². The van der Waals surface area contributed by atoms with E-state index in [1.807, 2.05) is 0 Å². The normalized spacial score (nSPS) is 20.5. The topological polar surface area (TPSA) is 0 Å². The minimum atomic E-state index is 0.497. The van der Waals surface area contributed by atoms with Crippen LogP contribution in [0, 0.1) is 11.3 Å². The first-order valence-electron chi connectivity index (χ1n) is 6.24. The summed E-state index contributed by atoms with van der Waals surface area (Å²) in [7, 11) is 0. The standard InChI is InChI=1S/C14H26/c1-14(2,3)12-8-7-11-13-9-5-4-6-10-13/h7,11,13H,4-6,8-10,12H2,1-3H3/b11-7+. The highest BCUT2D eigenvalue weighted by Gasteiger charge is 2.10. The van der Waals surface area contributed by atoms with Crippen molar-refractivity contribution in [2.24, 2.45) is 11.3 Å². The van der Waals surface area contributed by atoms with Crippen LogP contribution in [0.4, 0.5) is 0 Å². The van der Waals surface area contributed by atoms with Crippen LogP contribution >= 0.6 is 0 Å². The summed E-state index contributed by atoms with van der Waals surface area (Å²) < 4.78 is 0. The van der Waals surface area contributed by atoms with Crippen LogP contribution in [-0.4, -0.2) is 0 Å². The summed E-state index contributed by atoms with van der Waals surface area (Å²) >= 11 is 0. The van der Waals surface area contributed by atoms with Crippen LogP contribution in [0.25, 0.3) is 0 Å². The summed E-state index contributed by atoms with van der Waals surface area (Å²) in [4.78, 5) is 0. The summed E-state index contributed by atoms with van der Waals surface area (Å²) in [6, 6.07) is 0. The first kappa shape index (κ1) is 11.8. The predicted octanol–water partition coefficient (Wildman–Crippen LogP) is 4.95. The third kappa shape index (κ3) is 5.47. The molecule has 1 aliphatic rings. The second-order valence-electron chi connectivity index (χ2n) is 5.93. The third-order valence-electron chi connectivity index (χ3n) is 3.12. The van der Waals surface area contributed by atoms with Gasteiger partial charge in [-0.25, -0.2) is 0 Å². The molecule has 0 nitrogen and oxygen atoms in total. The third-order valence-corrected chi connectivity index (χ3v) is 3.12. The molecule has 0 aliphatic heterocycles. The van der Waals surface area contributed by atoms with E-state index in [0.717, 1.165) is 5.92 Å². The molecule has 1 aliphatic carbocycles. The van der Waals surface area contributed by atoms with Crippen LogP contribution in [0.3, 0.4) is 0 Å². The molecule has 0 saturated heterocycles. The fraction of sp³-hybridized carbons (Fsp3) is 0.857. The molecular formula is C14H26. The van der Waals surface area contributed by atoms with Gasteiger partial charge in [-0.2, -0.15) is 0 Å². The average molecular weight is 194 g/mol. The van der Waals surface area contributed by atoms with Crippen molar-refractivity contribution in [2.45, 2.75) is 65.7 Å². The fourth-order valence-electron chi connectivity index (χ4n) is 2.13. The van der Waals surface area contributed by atoms with Crippen molar-refractivity contribution >= 4 is 0 Å². The maximum absolute atomic E-state index is 2.48. The van der Waals surface area contributed by atoms with Gasteiger partial charge in [0.25, 0.3) is 0 Å². The number of hydrogen-bond donors (Lipinski definition) is 0. The van der Waals surface area contributed by atoms with E-state index >= 15 is 0 Å². The Labute approximate surface area is 89.8 Å². The molecule has 0 heteroatoms. The minimum absolute atomic E-state index is 0.497. The van der Waals surface area contributed by atoms with E-state index in [-0.39, 0.29) is 0 Å². The molecule has 14 heavy (non-hydrogen) atoms. The molecule has 0 N–H and O–H groups in total. The van der Waals surface area contributed by atoms with E-state index in [0.29, 0.717) is 5.41 Å². The predicted molar refractivity (Wildman–Crippen MR) is 64.4 cm³/mol. The Bertz CT molecular complexity index is 165. The van der Waals surface area contributed by atoms with Gasteiger partial charge >= 0.3 is 0 Å². The number of allylic oxidation sites excluding steroid dienone is 2. The Hall–Kier alpha value is -0.260. The van der Waals surface area contributed by atoms with Gasteiger partial charge in [0.05, 0.1) is 0 Å². The fourth-order valence-corrected chi connectivity index (χ4v) is 2.13. The van der Waals surface area contributed by atoms with Gasteiger partial charge in [0.15, 0.2) is 0 Å². The van der Waals surface area contributed by atoms with E-state index in [1.165, 1.54) is 44.9 Å². The van der Waals surface area contributed by atoms with Crippen LogP contribution in [0.1, 0.15) is 65.7 Å². The Morgan fingerprint density at radius 1 is 1.07 bits per heavy atom. The lowest BCUT2D eigenvalue weighted by molar-refractivity contribution is 0.379. The zero-order valence-electron chi connectivity index (χ0n) is 10.2. The molecule has 1 saturated carbocycles. The molecule has 0 unspecified atom stereocenters. The van der Waals surface area contributed by atoms with Crippen molar-refractivity contribution in [1.29, 1.82) is 0 Å². The second kappa shape index (κ2) is 5.58. The molecule has 0 heterocycles. The van der Waals surface area contributed by atoms with Gasteiger partial charge in [-0.15, -0.1) is 0 Å². The smallest absolute Gasteiger partial charge is 0.0234 e. The minimum Gasteiger partial charge on any atom is -0.0882 e.